The highest BCUT2D eigenvalue weighted by atomic mass is 79.9. The molecule has 0 bridgehead atoms. The van der Waals surface area contributed by atoms with Crippen molar-refractivity contribution in [3.05, 3.63) is 57.1 Å². The van der Waals surface area contributed by atoms with E-state index in [-0.39, 0.29) is 0 Å². The SMILES string of the molecule is CCc1c(Br)c(OCCC(C)C)c(CC)c(C(=O)C(=O)c2ccccc2)c1OCCC(C)C.OP(O)O. The summed E-state index contributed by atoms with van der Waals surface area (Å²) in [4.78, 5) is 48.5. The lowest BCUT2D eigenvalue weighted by atomic mass is 9.91. The van der Waals surface area contributed by atoms with Crippen LogP contribution in [0.25, 0.3) is 0 Å². The van der Waals surface area contributed by atoms with E-state index in [0.717, 1.165) is 28.4 Å². The van der Waals surface area contributed by atoms with Gasteiger partial charge in [-0.05, 0) is 53.4 Å². The molecule has 0 aliphatic carbocycles. The number of carbonyl (C=O) groups is 2. The number of benzene rings is 2. The summed E-state index contributed by atoms with van der Waals surface area (Å²) in [5, 5.41) is 0. The van der Waals surface area contributed by atoms with Crippen molar-refractivity contribution in [2.45, 2.75) is 67.2 Å². The Bertz CT molecular complexity index is 1000. The van der Waals surface area contributed by atoms with E-state index in [0.29, 0.717) is 60.5 Å². The average molecular weight is 599 g/mol. The number of ether oxygens (including phenoxy) is 2. The Labute approximate surface area is 230 Å². The van der Waals surface area contributed by atoms with Gasteiger partial charge in [0.15, 0.2) is 0 Å². The Morgan fingerprint density at radius 2 is 1.27 bits per heavy atom. The monoisotopic (exact) mass is 598 g/mol. The van der Waals surface area contributed by atoms with Crippen molar-refractivity contribution >= 4 is 36.1 Å². The third-order valence-electron chi connectivity index (χ3n) is 5.60. The maximum Gasteiger partial charge on any atom is 0.324 e. The van der Waals surface area contributed by atoms with Gasteiger partial charge in [0.1, 0.15) is 11.5 Å². The number of halogens is 1. The quantitative estimate of drug-likeness (QED) is 0.134. The average Bonchev–Trinajstić information content (AvgIpc) is 2.84. The maximum atomic E-state index is 13.7. The minimum absolute atomic E-state index is 0.342. The van der Waals surface area contributed by atoms with Gasteiger partial charge in [-0.25, -0.2) is 0 Å². The third-order valence-corrected chi connectivity index (χ3v) is 6.44. The first-order valence-corrected chi connectivity index (χ1v) is 14.6. The van der Waals surface area contributed by atoms with Crippen molar-refractivity contribution in [1.82, 2.24) is 0 Å². The van der Waals surface area contributed by atoms with Crippen molar-refractivity contribution in [3.63, 3.8) is 0 Å². The Morgan fingerprint density at radius 1 is 0.811 bits per heavy atom. The number of carbonyl (C=O) groups excluding carboxylic acids is 2. The van der Waals surface area contributed by atoms with Crippen molar-refractivity contribution in [1.29, 1.82) is 0 Å². The molecule has 0 heterocycles. The largest absolute Gasteiger partial charge is 0.492 e. The Kier molecular flexibility index (Phi) is 15.2. The summed E-state index contributed by atoms with van der Waals surface area (Å²) >= 11 is 3.74. The number of rotatable bonds is 13. The molecule has 2 rings (SSSR count). The number of ketones is 2. The Hall–Kier alpha value is -1.83. The third kappa shape index (κ3) is 10.5. The van der Waals surface area contributed by atoms with Gasteiger partial charge in [-0.3, -0.25) is 9.59 Å². The smallest absolute Gasteiger partial charge is 0.324 e. The molecule has 37 heavy (non-hydrogen) atoms. The highest BCUT2D eigenvalue weighted by Crippen LogP contribution is 2.44. The molecule has 0 saturated heterocycles. The first kappa shape index (κ1) is 33.2. The summed E-state index contributed by atoms with van der Waals surface area (Å²) in [6.45, 7) is 13.6. The van der Waals surface area contributed by atoms with Crippen LogP contribution in [0.4, 0.5) is 0 Å². The van der Waals surface area contributed by atoms with Gasteiger partial charge >= 0.3 is 8.60 Å². The van der Waals surface area contributed by atoms with Crippen molar-refractivity contribution in [2.24, 2.45) is 11.8 Å². The van der Waals surface area contributed by atoms with E-state index in [1.807, 2.05) is 19.9 Å². The highest BCUT2D eigenvalue weighted by molar-refractivity contribution is 9.10. The lowest BCUT2D eigenvalue weighted by Crippen LogP contribution is -2.20. The summed E-state index contributed by atoms with van der Waals surface area (Å²) in [5.74, 6) is 1.04. The van der Waals surface area contributed by atoms with Crippen LogP contribution in [0.2, 0.25) is 0 Å². The van der Waals surface area contributed by atoms with Crippen LogP contribution >= 0.6 is 24.5 Å². The molecule has 0 saturated carbocycles. The molecule has 0 aliphatic rings. The molecule has 0 aromatic heterocycles. The fraction of sp³-hybridized carbons (Fsp3) is 0.500. The van der Waals surface area contributed by atoms with E-state index in [1.165, 1.54) is 0 Å². The molecule has 0 radical (unpaired) electrons. The van der Waals surface area contributed by atoms with Crippen LogP contribution in [0.1, 0.15) is 86.2 Å². The van der Waals surface area contributed by atoms with E-state index in [2.05, 4.69) is 43.6 Å². The van der Waals surface area contributed by atoms with Crippen LogP contribution in [-0.2, 0) is 12.8 Å². The molecular weight excluding hydrogens is 559 g/mol. The fourth-order valence-corrected chi connectivity index (χ4v) is 4.42. The zero-order valence-corrected chi connectivity index (χ0v) is 25.1. The molecule has 2 aromatic carbocycles. The number of hydrogen-bond acceptors (Lipinski definition) is 7. The van der Waals surface area contributed by atoms with Crippen LogP contribution in [0, 0.1) is 11.8 Å². The van der Waals surface area contributed by atoms with Crippen LogP contribution in [0.5, 0.6) is 11.5 Å². The van der Waals surface area contributed by atoms with E-state index in [4.69, 9.17) is 24.2 Å². The summed E-state index contributed by atoms with van der Waals surface area (Å²) in [6.07, 6.45) is 2.94. The highest BCUT2D eigenvalue weighted by Gasteiger charge is 2.31. The number of hydrogen-bond donors (Lipinski definition) is 3. The van der Waals surface area contributed by atoms with Gasteiger partial charge in [-0.2, -0.15) is 0 Å². The lowest BCUT2D eigenvalue weighted by Gasteiger charge is -2.23. The molecule has 0 unspecified atom stereocenters. The minimum atomic E-state index is -2.62. The predicted octanol–water partition coefficient (Wildman–Crippen LogP) is 6.68. The fourth-order valence-electron chi connectivity index (χ4n) is 3.60. The lowest BCUT2D eigenvalue weighted by molar-refractivity contribution is 0.0813. The maximum absolute atomic E-state index is 13.7. The second kappa shape index (κ2) is 16.9. The topological polar surface area (TPSA) is 113 Å². The Balaban J connectivity index is 0.00000159. The second-order valence-corrected chi connectivity index (χ2v) is 10.7. The van der Waals surface area contributed by atoms with E-state index in [9.17, 15) is 9.59 Å². The van der Waals surface area contributed by atoms with E-state index >= 15 is 0 Å². The van der Waals surface area contributed by atoms with Gasteiger partial charge in [-0.15, -0.1) is 0 Å². The van der Waals surface area contributed by atoms with Crippen LogP contribution < -0.4 is 9.47 Å². The zero-order chi connectivity index (χ0) is 28.1. The van der Waals surface area contributed by atoms with Crippen LogP contribution in [0.3, 0.4) is 0 Å². The van der Waals surface area contributed by atoms with Crippen LogP contribution in [-0.4, -0.2) is 39.5 Å². The van der Waals surface area contributed by atoms with Gasteiger partial charge in [0.25, 0.3) is 0 Å². The van der Waals surface area contributed by atoms with Gasteiger partial charge in [-0.1, -0.05) is 71.9 Å². The predicted molar refractivity (Wildman–Crippen MR) is 151 cm³/mol. The molecule has 0 atom stereocenters. The summed E-state index contributed by atoms with van der Waals surface area (Å²) in [6, 6.07) is 8.70. The Morgan fingerprint density at radius 3 is 1.70 bits per heavy atom. The zero-order valence-electron chi connectivity index (χ0n) is 22.6. The molecule has 206 valence electrons. The standard InChI is InChI=1S/C28H37BrO4.H3O3P/c1-7-21-23(26(31)25(30)20-12-10-9-11-13-20)27(32-16-14-18(3)4)22(8-2)24(29)28(21)33-17-15-19(5)6;1-4(2)3/h9-13,18-19H,7-8,14-17H2,1-6H3;1-3H. The van der Waals surface area contributed by atoms with Crippen molar-refractivity contribution in [3.8, 4) is 11.5 Å². The van der Waals surface area contributed by atoms with Gasteiger partial charge in [0.05, 0.1) is 23.2 Å². The summed E-state index contributed by atoms with van der Waals surface area (Å²) in [5.41, 5.74) is 2.30. The van der Waals surface area contributed by atoms with Gasteiger partial charge in [0.2, 0.25) is 11.6 Å². The van der Waals surface area contributed by atoms with Gasteiger partial charge in [0, 0.05) is 16.7 Å². The molecular formula is C28H40BrO7P. The van der Waals surface area contributed by atoms with E-state index < -0.39 is 20.2 Å². The molecule has 3 N–H and O–H groups in total. The molecule has 0 amide bonds. The molecule has 7 nitrogen and oxygen atoms in total. The van der Waals surface area contributed by atoms with Crippen molar-refractivity contribution < 1.29 is 33.7 Å². The minimum Gasteiger partial charge on any atom is -0.492 e. The first-order chi connectivity index (χ1) is 17.5. The summed E-state index contributed by atoms with van der Waals surface area (Å²) in [7, 11) is -2.62. The molecule has 0 aliphatic heterocycles. The van der Waals surface area contributed by atoms with E-state index in [1.54, 1.807) is 24.3 Å². The molecule has 9 heteroatoms. The normalized spacial score (nSPS) is 10.9. The van der Waals surface area contributed by atoms with Gasteiger partial charge < -0.3 is 24.2 Å². The number of Topliss-reactive ketones (excluding diaryl/α,β-unsaturated/α-hetero) is 2. The first-order valence-electron chi connectivity index (χ1n) is 12.6. The summed E-state index contributed by atoms with van der Waals surface area (Å²) < 4.78 is 13.3. The van der Waals surface area contributed by atoms with Crippen molar-refractivity contribution in [2.75, 3.05) is 13.2 Å². The van der Waals surface area contributed by atoms with Crippen LogP contribution in [0.15, 0.2) is 34.8 Å². The molecule has 0 spiro atoms. The molecule has 2 aromatic rings. The second-order valence-electron chi connectivity index (χ2n) is 9.37. The molecule has 0 fully saturated rings.